The SMILES string of the molecule is CC(C)(C)[Si](OCC1(CO)COC(c2ccccc2)OC1)(c1ccccc1)c1ccccc1. The van der Waals surface area contributed by atoms with Gasteiger partial charge in [0.2, 0.25) is 0 Å². The summed E-state index contributed by atoms with van der Waals surface area (Å²) in [5.41, 5.74) is 0.371. The molecule has 4 rings (SSSR count). The molecule has 1 saturated heterocycles. The molecule has 1 aliphatic rings. The molecule has 1 aliphatic heterocycles. The Labute approximate surface area is 198 Å². The third kappa shape index (κ3) is 4.83. The van der Waals surface area contributed by atoms with Crippen molar-refractivity contribution in [3.8, 4) is 0 Å². The maximum atomic E-state index is 10.4. The van der Waals surface area contributed by atoms with Gasteiger partial charge in [-0.3, -0.25) is 0 Å². The first kappa shape index (κ1) is 23.9. The molecule has 1 fully saturated rings. The summed E-state index contributed by atoms with van der Waals surface area (Å²) in [6.07, 6.45) is -0.418. The van der Waals surface area contributed by atoms with Crippen LogP contribution in [0, 0.1) is 5.41 Å². The third-order valence-electron chi connectivity index (χ3n) is 6.50. The first-order chi connectivity index (χ1) is 15.9. The Bertz CT molecular complexity index is 955. The minimum absolute atomic E-state index is 0.0628. The molecule has 0 aliphatic carbocycles. The van der Waals surface area contributed by atoms with Gasteiger partial charge in [0.1, 0.15) is 0 Å². The van der Waals surface area contributed by atoms with Crippen LogP contribution in [-0.2, 0) is 13.9 Å². The molecule has 33 heavy (non-hydrogen) atoms. The van der Waals surface area contributed by atoms with Crippen LogP contribution in [0.1, 0.15) is 32.6 Å². The number of hydrogen-bond acceptors (Lipinski definition) is 4. The van der Waals surface area contributed by atoms with E-state index in [1.54, 1.807) is 0 Å². The molecule has 0 unspecified atom stereocenters. The predicted molar refractivity (Wildman–Crippen MR) is 134 cm³/mol. The summed E-state index contributed by atoms with van der Waals surface area (Å²) < 4.78 is 19.2. The average Bonchev–Trinajstić information content (AvgIpc) is 2.86. The molecular formula is C28H34O4Si. The van der Waals surface area contributed by atoms with E-state index in [2.05, 4.69) is 69.3 Å². The topological polar surface area (TPSA) is 47.9 Å². The Kier molecular flexibility index (Phi) is 7.17. The molecule has 1 heterocycles. The fourth-order valence-electron chi connectivity index (χ4n) is 4.64. The maximum Gasteiger partial charge on any atom is 0.261 e. The van der Waals surface area contributed by atoms with Crippen LogP contribution in [0.4, 0.5) is 0 Å². The minimum atomic E-state index is -2.70. The molecule has 4 nitrogen and oxygen atoms in total. The smallest absolute Gasteiger partial charge is 0.261 e. The zero-order valence-electron chi connectivity index (χ0n) is 19.7. The second-order valence-corrected chi connectivity index (χ2v) is 14.3. The second-order valence-electron chi connectivity index (χ2n) is 9.97. The number of ether oxygens (including phenoxy) is 2. The van der Waals surface area contributed by atoms with Gasteiger partial charge in [-0.2, -0.15) is 0 Å². The van der Waals surface area contributed by atoms with Crippen LogP contribution in [-0.4, -0.2) is 39.9 Å². The van der Waals surface area contributed by atoms with Gasteiger partial charge in [0.05, 0.1) is 25.2 Å². The Morgan fingerprint density at radius 3 is 1.70 bits per heavy atom. The summed E-state index contributed by atoms with van der Waals surface area (Å²) in [5, 5.41) is 12.7. The van der Waals surface area contributed by atoms with Crippen molar-refractivity contribution in [1.29, 1.82) is 0 Å². The molecule has 0 atom stereocenters. The van der Waals surface area contributed by atoms with Gasteiger partial charge in [-0.05, 0) is 15.4 Å². The van der Waals surface area contributed by atoms with Crippen LogP contribution in [0.3, 0.4) is 0 Å². The fourth-order valence-corrected chi connectivity index (χ4v) is 9.32. The number of aliphatic hydroxyl groups is 1. The van der Waals surface area contributed by atoms with Crippen molar-refractivity contribution in [2.24, 2.45) is 5.41 Å². The first-order valence-corrected chi connectivity index (χ1v) is 13.5. The molecule has 0 aromatic heterocycles. The van der Waals surface area contributed by atoms with Crippen LogP contribution in [0.5, 0.6) is 0 Å². The van der Waals surface area contributed by atoms with Crippen LogP contribution in [0.2, 0.25) is 5.04 Å². The molecule has 5 heteroatoms. The van der Waals surface area contributed by atoms with Gasteiger partial charge in [-0.25, -0.2) is 0 Å². The third-order valence-corrected chi connectivity index (χ3v) is 11.5. The van der Waals surface area contributed by atoms with E-state index in [0.29, 0.717) is 19.8 Å². The molecule has 0 spiro atoms. The van der Waals surface area contributed by atoms with Crippen LogP contribution in [0.25, 0.3) is 0 Å². The van der Waals surface area contributed by atoms with E-state index < -0.39 is 20.0 Å². The molecule has 1 N–H and O–H groups in total. The zero-order chi connectivity index (χ0) is 23.4. The van der Waals surface area contributed by atoms with E-state index in [4.69, 9.17) is 13.9 Å². The summed E-state index contributed by atoms with van der Waals surface area (Å²) in [6, 6.07) is 31.0. The molecule has 3 aromatic rings. The quantitative estimate of drug-likeness (QED) is 0.532. The van der Waals surface area contributed by atoms with Gasteiger partial charge in [-0.1, -0.05) is 112 Å². The summed E-state index contributed by atoms with van der Waals surface area (Å²) in [7, 11) is -2.70. The molecule has 174 valence electrons. The largest absolute Gasteiger partial charge is 0.407 e. The van der Waals surface area contributed by atoms with Gasteiger partial charge >= 0.3 is 0 Å². The second kappa shape index (κ2) is 9.91. The van der Waals surface area contributed by atoms with Gasteiger partial charge in [0.15, 0.2) is 6.29 Å². The standard InChI is InChI=1S/C28H34O4Si/c1-27(2,3)33(24-15-9-5-10-16-24,25-17-11-6-12-18-25)32-22-28(19-29)20-30-26(31-21-28)23-13-7-4-8-14-23/h4-18,26,29H,19-22H2,1-3H3. The van der Waals surface area contributed by atoms with Crippen molar-refractivity contribution in [3.05, 3.63) is 96.6 Å². The van der Waals surface area contributed by atoms with Gasteiger partial charge < -0.3 is 19.0 Å². The minimum Gasteiger partial charge on any atom is -0.407 e. The monoisotopic (exact) mass is 462 g/mol. The molecular weight excluding hydrogens is 428 g/mol. The van der Waals surface area contributed by atoms with Crippen molar-refractivity contribution in [2.45, 2.75) is 32.1 Å². The molecule has 3 aromatic carbocycles. The summed E-state index contributed by atoms with van der Waals surface area (Å²) in [5.74, 6) is 0. The lowest BCUT2D eigenvalue weighted by Crippen LogP contribution is -2.67. The number of hydrogen-bond donors (Lipinski definition) is 1. The van der Waals surface area contributed by atoms with E-state index in [1.807, 2.05) is 42.5 Å². The molecule has 0 amide bonds. The van der Waals surface area contributed by atoms with Crippen molar-refractivity contribution in [2.75, 3.05) is 26.4 Å². The van der Waals surface area contributed by atoms with Crippen LogP contribution >= 0.6 is 0 Å². The lowest BCUT2D eigenvalue weighted by atomic mass is 9.91. The van der Waals surface area contributed by atoms with Gasteiger partial charge in [0.25, 0.3) is 8.32 Å². The molecule has 0 saturated carbocycles. The van der Waals surface area contributed by atoms with Crippen molar-refractivity contribution < 1.29 is 19.0 Å². The van der Waals surface area contributed by atoms with Crippen LogP contribution in [0.15, 0.2) is 91.0 Å². The average molecular weight is 463 g/mol. The Morgan fingerprint density at radius 2 is 1.27 bits per heavy atom. The highest BCUT2D eigenvalue weighted by Crippen LogP contribution is 2.39. The van der Waals surface area contributed by atoms with Gasteiger partial charge in [-0.15, -0.1) is 0 Å². The predicted octanol–water partition coefficient (Wildman–Crippen LogP) is 4.29. The zero-order valence-corrected chi connectivity index (χ0v) is 20.7. The summed E-state index contributed by atoms with van der Waals surface area (Å²) >= 11 is 0. The van der Waals surface area contributed by atoms with E-state index in [-0.39, 0.29) is 11.6 Å². The maximum absolute atomic E-state index is 10.4. The Morgan fingerprint density at radius 1 is 0.818 bits per heavy atom. The number of aliphatic hydroxyl groups excluding tert-OH is 1. The van der Waals surface area contributed by atoms with E-state index in [1.165, 1.54) is 10.4 Å². The lowest BCUT2D eigenvalue weighted by Gasteiger charge is -2.46. The van der Waals surface area contributed by atoms with Crippen molar-refractivity contribution in [3.63, 3.8) is 0 Å². The molecule has 0 radical (unpaired) electrons. The first-order valence-electron chi connectivity index (χ1n) is 11.5. The Balaban J connectivity index is 1.63. The fraction of sp³-hybridized carbons (Fsp3) is 0.357. The highest BCUT2D eigenvalue weighted by Gasteiger charge is 2.52. The number of rotatable bonds is 7. The summed E-state index contributed by atoms with van der Waals surface area (Å²) in [4.78, 5) is 0. The van der Waals surface area contributed by atoms with E-state index >= 15 is 0 Å². The Hall–Kier alpha value is -2.28. The van der Waals surface area contributed by atoms with Gasteiger partial charge in [0, 0.05) is 12.2 Å². The highest BCUT2D eigenvalue weighted by molar-refractivity contribution is 6.99. The van der Waals surface area contributed by atoms with Crippen molar-refractivity contribution >= 4 is 18.7 Å². The van der Waals surface area contributed by atoms with Crippen LogP contribution < -0.4 is 10.4 Å². The molecule has 0 bridgehead atoms. The van der Waals surface area contributed by atoms with E-state index in [0.717, 1.165) is 5.56 Å². The normalized spacial score (nSPS) is 21.6. The number of benzene rings is 3. The summed E-state index contributed by atoms with van der Waals surface area (Å²) in [6.45, 7) is 7.81. The van der Waals surface area contributed by atoms with Crippen molar-refractivity contribution in [1.82, 2.24) is 0 Å². The highest BCUT2D eigenvalue weighted by atomic mass is 28.4. The van der Waals surface area contributed by atoms with E-state index in [9.17, 15) is 5.11 Å². The lowest BCUT2D eigenvalue weighted by molar-refractivity contribution is -0.247.